The molecule has 2 amide bonds. The Balaban J connectivity index is 1.68. The quantitative estimate of drug-likeness (QED) is 0.887. The number of aromatic nitrogens is 3. The third-order valence-electron chi connectivity index (χ3n) is 3.93. The van der Waals surface area contributed by atoms with Gasteiger partial charge in [0.15, 0.2) is 0 Å². The monoisotopic (exact) mass is 289 g/mol. The third kappa shape index (κ3) is 2.63. The van der Waals surface area contributed by atoms with Crippen molar-refractivity contribution >= 4 is 12.0 Å². The minimum atomic E-state index is -0.307. The lowest BCUT2D eigenvalue weighted by molar-refractivity contribution is 0.246. The summed E-state index contributed by atoms with van der Waals surface area (Å²) >= 11 is 0. The van der Waals surface area contributed by atoms with Crippen LogP contribution in [0.1, 0.15) is 41.6 Å². The maximum Gasteiger partial charge on any atom is 0.323 e. The van der Waals surface area contributed by atoms with Gasteiger partial charge in [0.05, 0.1) is 17.9 Å². The Morgan fingerprint density at radius 2 is 2.29 bits per heavy atom. The molecule has 0 radical (unpaired) electrons. The van der Waals surface area contributed by atoms with Gasteiger partial charge in [-0.25, -0.2) is 4.79 Å². The number of carbonyl (C=O) groups is 1. The van der Waals surface area contributed by atoms with Gasteiger partial charge in [-0.15, -0.1) is 0 Å². The standard InChI is InChI=1S/C14H19N5O2/c1-8-9(2)21-14(16-8)18-13(20)17-11-5-4-6-12-10(11)7-15-19(12)3/h7,11H,4-6H2,1-3H3,(H2,16,17,18,20)/t11-/m1/s1. The zero-order valence-electron chi connectivity index (χ0n) is 12.4. The van der Waals surface area contributed by atoms with E-state index in [0.29, 0.717) is 5.76 Å². The van der Waals surface area contributed by atoms with E-state index in [2.05, 4.69) is 20.7 Å². The van der Waals surface area contributed by atoms with E-state index in [-0.39, 0.29) is 18.1 Å². The van der Waals surface area contributed by atoms with Gasteiger partial charge in [-0.3, -0.25) is 10.00 Å². The van der Waals surface area contributed by atoms with Gasteiger partial charge in [-0.2, -0.15) is 10.1 Å². The van der Waals surface area contributed by atoms with Crippen molar-refractivity contribution in [2.24, 2.45) is 7.05 Å². The predicted octanol–water partition coefficient (Wildman–Crippen LogP) is 2.22. The zero-order valence-corrected chi connectivity index (χ0v) is 12.4. The highest BCUT2D eigenvalue weighted by Crippen LogP contribution is 2.29. The average molecular weight is 289 g/mol. The minimum absolute atomic E-state index is 0.0143. The molecule has 0 saturated heterocycles. The molecule has 2 aromatic rings. The molecule has 0 aromatic carbocycles. The summed E-state index contributed by atoms with van der Waals surface area (Å²) in [5.41, 5.74) is 3.06. The lowest BCUT2D eigenvalue weighted by Gasteiger charge is -2.23. The van der Waals surface area contributed by atoms with Gasteiger partial charge in [0.1, 0.15) is 5.76 Å². The number of urea groups is 1. The Labute approximate surface area is 122 Å². The molecule has 0 fully saturated rings. The number of hydrogen-bond acceptors (Lipinski definition) is 4. The Hall–Kier alpha value is -2.31. The third-order valence-corrected chi connectivity index (χ3v) is 3.93. The molecule has 0 unspecified atom stereocenters. The van der Waals surface area contributed by atoms with E-state index in [4.69, 9.17) is 4.42 Å². The summed E-state index contributed by atoms with van der Waals surface area (Å²) in [6.45, 7) is 3.65. The summed E-state index contributed by atoms with van der Waals surface area (Å²) in [6, 6.07) is -0.0951. The van der Waals surface area contributed by atoms with Crippen molar-refractivity contribution in [3.63, 3.8) is 0 Å². The molecular weight excluding hydrogens is 270 g/mol. The summed E-state index contributed by atoms with van der Waals surface area (Å²) in [4.78, 5) is 16.2. The van der Waals surface area contributed by atoms with Crippen LogP contribution in [0.15, 0.2) is 10.6 Å². The average Bonchev–Trinajstić information content (AvgIpc) is 2.95. The van der Waals surface area contributed by atoms with Gasteiger partial charge in [0.2, 0.25) is 0 Å². The van der Waals surface area contributed by atoms with Crippen molar-refractivity contribution < 1.29 is 9.21 Å². The van der Waals surface area contributed by atoms with E-state index in [0.717, 1.165) is 30.5 Å². The molecule has 7 nitrogen and oxygen atoms in total. The van der Waals surface area contributed by atoms with E-state index < -0.39 is 0 Å². The van der Waals surface area contributed by atoms with Gasteiger partial charge < -0.3 is 9.73 Å². The number of amides is 2. The van der Waals surface area contributed by atoms with Crippen LogP contribution in [0, 0.1) is 13.8 Å². The van der Waals surface area contributed by atoms with Crippen LogP contribution >= 0.6 is 0 Å². The molecule has 2 aromatic heterocycles. The topological polar surface area (TPSA) is 85.0 Å². The van der Waals surface area contributed by atoms with Crippen LogP contribution in [0.25, 0.3) is 0 Å². The minimum Gasteiger partial charge on any atom is -0.428 e. The fraction of sp³-hybridized carbons (Fsp3) is 0.500. The number of anilines is 1. The Kier molecular flexibility index (Phi) is 3.40. The SMILES string of the molecule is Cc1nc(NC(=O)N[C@@H]2CCCc3c2cnn3C)oc1C. The predicted molar refractivity (Wildman–Crippen MR) is 77.0 cm³/mol. The van der Waals surface area contributed by atoms with Crippen molar-refractivity contribution in [1.29, 1.82) is 0 Å². The lowest BCUT2D eigenvalue weighted by Crippen LogP contribution is -2.34. The van der Waals surface area contributed by atoms with Gasteiger partial charge in [0.25, 0.3) is 0 Å². The second kappa shape index (κ2) is 5.23. The lowest BCUT2D eigenvalue weighted by atomic mass is 9.93. The van der Waals surface area contributed by atoms with Crippen LogP contribution in [0.2, 0.25) is 0 Å². The van der Waals surface area contributed by atoms with Crippen molar-refractivity contribution in [2.45, 2.75) is 39.2 Å². The van der Waals surface area contributed by atoms with Crippen molar-refractivity contribution in [1.82, 2.24) is 20.1 Å². The number of nitrogens with zero attached hydrogens (tertiary/aromatic N) is 3. The molecule has 0 spiro atoms. The van der Waals surface area contributed by atoms with Gasteiger partial charge >= 0.3 is 12.0 Å². The molecule has 21 heavy (non-hydrogen) atoms. The van der Waals surface area contributed by atoms with E-state index in [1.165, 1.54) is 5.69 Å². The number of carbonyl (C=O) groups excluding carboxylic acids is 1. The van der Waals surface area contributed by atoms with Crippen molar-refractivity contribution in [3.05, 3.63) is 28.9 Å². The molecule has 0 aliphatic heterocycles. The van der Waals surface area contributed by atoms with E-state index in [1.54, 1.807) is 0 Å². The maximum absolute atomic E-state index is 12.1. The summed E-state index contributed by atoms with van der Waals surface area (Å²) < 4.78 is 7.23. The van der Waals surface area contributed by atoms with Gasteiger partial charge in [-0.05, 0) is 33.1 Å². The molecule has 1 aliphatic rings. The van der Waals surface area contributed by atoms with E-state index in [1.807, 2.05) is 31.8 Å². The van der Waals surface area contributed by atoms with Crippen LogP contribution in [0.4, 0.5) is 10.8 Å². The molecular formula is C14H19N5O2. The molecule has 2 N–H and O–H groups in total. The van der Waals surface area contributed by atoms with Crippen LogP contribution in [0.3, 0.4) is 0 Å². The smallest absolute Gasteiger partial charge is 0.323 e. The van der Waals surface area contributed by atoms with Gasteiger partial charge in [0, 0.05) is 18.3 Å². The largest absolute Gasteiger partial charge is 0.428 e. The molecule has 1 atom stereocenters. The number of oxazole rings is 1. The zero-order chi connectivity index (χ0) is 15.0. The second-order valence-electron chi connectivity index (χ2n) is 5.37. The van der Waals surface area contributed by atoms with Crippen molar-refractivity contribution in [2.75, 3.05) is 5.32 Å². The number of nitrogens with one attached hydrogen (secondary N) is 2. The molecule has 1 aliphatic carbocycles. The summed E-state index contributed by atoms with van der Waals surface area (Å²) in [7, 11) is 1.93. The van der Waals surface area contributed by atoms with Crippen molar-refractivity contribution in [3.8, 4) is 0 Å². The summed E-state index contributed by atoms with van der Waals surface area (Å²) in [5, 5.41) is 9.86. The molecule has 2 heterocycles. The normalized spacial score (nSPS) is 17.4. The van der Waals surface area contributed by atoms with E-state index in [9.17, 15) is 4.79 Å². The first kappa shape index (κ1) is 13.7. The summed E-state index contributed by atoms with van der Waals surface area (Å²) in [6.07, 6.45) is 4.78. The highest BCUT2D eigenvalue weighted by molar-refractivity contribution is 5.87. The second-order valence-corrected chi connectivity index (χ2v) is 5.37. The van der Waals surface area contributed by atoms with Crippen LogP contribution in [-0.4, -0.2) is 20.8 Å². The number of fused-ring (bicyclic) bond motifs is 1. The van der Waals surface area contributed by atoms with E-state index >= 15 is 0 Å². The Bertz CT molecular complexity index is 653. The first-order valence-electron chi connectivity index (χ1n) is 7.07. The highest BCUT2D eigenvalue weighted by Gasteiger charge is 2.25. The molecule has 0 bridgehead atoms. The fourth-order valence-corrected chi connectivity index (χ4v) is 2.67. The summed E-state index contributed by atoms with van der Waals surface area (Å²) in [5.74, 6) is 0.706. The number of hydrogen-bond donors (Lipinski definition) is 2. The van der Waals surface area contributed by atoms with Crippen LogP contribution in [-0.2, 0) is 13.5 Å². The first-order chi connectivity index (χ1) is 10.0. The number of aryl methyl sites for hydroxylation is 3. The molecule has 112 valence electrons. The first-order valence-corrected chi connectivity index (χ1v) is 7.07. The van der Waals surface area contributed by atoms with Crippen LogP contribution in [0.5, 0.6) is 0 Å². The number of rotatable bonds is 2. The molecule has 0 saturated carbocycles. The highest BCUT2D eigenvalue weighted by atomic mass is 16.4. The molecule has 3 rings (SSSR count). The Morgan fingerprint density at radius 1 is 1.48 bits per heavy atom. The molecule has 7 heteroatoms. The fourth-order valence-electron chi connectivity index (χ4n) is 2.67. The van der Waals surface area contributed by atoms with Gasteiger partial charge in [-0.1, -0.05) is 0 Å². The van der Waals surface area contributed by atoms with Crippen LogP contribution < -0.4 is 10.6 Å². The maximum atomic E-state index is 12.1. The Morgan fingerprint density at radius 3 is 3.00 bits per heavy atom.